The highest BCUT2D eigenvalue weighted by Crippen LogP contribution is 2.54. The molecule has 1 saturated heterocycles. The quantitative estimate of drug-likeness (QED) is 0.227. The summed E-state index contributed by atoms with van der Waals surface area (Å²) in [6.45, 7) is 5.62. The number of aliphatic hydroxyl groups excluding tert-OH is 1. The van der Waals surface area contributed by atoms with Crippen molar-refractivity contribution < 1.29 is 14.6 Å². The first-order chi connectivity index (χ1) is 15.7. The zero-order valence-electron chi connectivity index (χ0n) is 19.0. The van der Waals surface area contributed by atoms with Crippen molar-refractivity contribution in [3.05, 3.63) is 41.6 Å². The summed E-state index contributed by atoms with van der Waals surface area (Å²) in [5.41, 5.74) is 7.72. The molecule has 4 rings (SSSR count). The van der Waals surface area contributed by atoms with Crippen molar-refractivity contribution in [3.63, 3.8) is 0 Å². The number of morpholine rings is 1. The monoisotopic (exact) mass is 460 g/mol. The summed E-state index contributed by atoms with van der Waals surface area (Å²) < 4.78 is 5.72. The lowest BCUT2D eigenvalue weighted by atomic mass is 10.1. The molecule has 8 heteroatoms. The maximum atomic E-state index is 9.15. The van der Waals surface area contributed by atoms with Crippen LogP contribution in [0.3, 0.4) is 0 Å². The van der Waals surface area contributed by atoms with Gasteiger partial charge in [0.15, 0.2) is 0 Å². The number of amidine groups is 1. The number of allylic oxidation sites excluding steroid dienone is 1. The molecule has 0 radical (unpaired) electrons. The fraction of sp³-hybridized carbons (Fsp3) is 0.583. The van der Waals surface area contributed by atoms with Crippen molar-refractivity contribution in [3.8, 4) is 0 Å². The van der Waals surface area contributed by atoms with E-state index in [0.29, 0.717) is 6.04 Å². The van der Waals surface area contributed by atoms with E-state index in [1.807, 2.05) is 11.8 Å². The Morgan fingerprint density at radius 3 is 2.50 bits per heavy atom. The minimum absolute atomic E-state index is 0.134. The number of nitrogens with one attached hydrogen (secondary N) is 1. The molecule has 1 aromatic rings. The second-order valence-electron chi connectivity index (χ2n) is 8.26. The van der Waals surface area contributed by atoms with Gasteiger partial charge in [0.1, 0.15) is 5.84 Å². The van der Waals surface area contributed by atoms with Crippen LogP contribution in [0.25, 0.3) is 0 Å². The minimum atomic E-state index is 0.134. The Kier molecular flexibility index (Phi) is 9.44. The van der Waals surface area contributed by atoms with Crippen molar-refractivity contribution in [1.29, 1.82) is 0 Å². The van der Waals surface area contributed by atoms with Gasteiger partial charge in [-0.25, -0.2) is 4.99 Å². The standard InChI is InChI=1S/C23H33N3O2S.CH3NO/c1-2-21(23(10-11-23)29-17-3-14-27)25-22(26-12-15-28-16-13-26)18-4-6-19(7-5-18)24-20-8-9-20;2-1-3/h2,4-7,20,24,27H,3,8-17H2,1H3;1H,(H2,2,3)/b21-2-,25-22?;. The second kappa shape index (κ2) is 12.3. The number of amides is 1. The highest BCUT2D eigenvalue weighted by Gasteiger charge is 2.46. The predicted molar refractivity (Wildman–Crippen MR) is 132 cm³/mol. The van der Waals surface area contributed by atoms with Gasteiger partial charge in [-0.2, -0.15) is 0 Å². The Bertz CT molecular complexity index is 783. The van der Waals surface area contributed by atoms with Gasteiger partial charge in [0.2, 0.25) is 6.41 Å². The molecule has 0 bridgehead atoms. The molecule has 3 fully saturated rings. The average molecular weight is 461 g/mol. The van der Waals surface area contributed by atoms with E-state index in [1.165, 1.54) is 42.6 Å². The highest BCUT2D eigenvalue weighted by molar-refractivity contribution is 8.01. The predicted octanol–water partition coefficient (Wildman–Crippen LogP) is 2.99. The van der Waals surface area contributed by atoms with Crippen LogP contribution in [0.2, 0.25) is 0 Å². The van der Waals surface area contributed by atoms with Crippen LogP contribution in [0.15, 0.2) is 41.0 Å². The molecule has 4 N–H and O–H groups in total. The lowest BCUT2D eigenvalue weighted by Crippen LogP contribution is -2.41. The lowest BCUT2D eigenvalue weighted by Gasteiger charge is -2.31. The number of carbonyl (C=O) groups excluding carboxylic acids is 1. The Morgan fingerprint density at radius 2 is 1.97 bits per heavy atom. The summed E-state index contributed by atoms with van der Waals surface area (Å²) in [5.74, 6) is 2.05. The smallest absolute Gasteiger partial charge is 0.204 e. The Hall–Kier alpha value is -2.03. The molecule has 0 spiro atoms. The summed E-state index contributed by atoms with van der Waals surface area (Å²) in [6.07, 6.45) is 8.19. The van der Waals surface area contributed by atoms with Crippen molar-refractivity contribution >= 4 is 29.7 Å². The number of rotatable bonds is 9. The van der Waals surface area contributed by atoms with Crippen LogP contribution in [0.4, 0.5) is 5.69 Å². The number of hydrogen-bond acceptors (Lipinski definition) is 6. The molecular weight excluding hydrogens is 424 g/mol. The molecule has 176 valence electrons. The molecule has 32 heavy (non-hydrogen) atoms. The maximum Gasteiger partial charge on any atom is 0.204 e. The minimum Gasteiger partial charge on any atom is -0.396 e. The van der Waals surface area contributed by atoms with Crippen molar-refractivity contribution in [2.45, 2.75) is 49.8 Å². The number of aliphatic hydroxyl groups is 1. The summed E-state index contributed by atoms with van der Waals surface area (Å²) >= 11 is 1.96. The van der Waals surface area contributed by atoms with E-state index in [1.54, 1.807) is 0 Å². The van der Waals surface area contributed by atoms with E-state index in [0.717, 1.165) is 44.3 Å². The van der Waals surface area contributed by atoms with Gasteiger partial charge < -0.3 is 25.8 Å². The summed E-state index contributed by atoms with van der Waals surface area (Å²) in [7, 11) is 0. The van der Waals surface area contributed by atoms with Gasteiger partial charge in [-0.15, -0.1) is 11.8 Å². The molecule has 1 heterocycles. The summed E-state index contributed by atoms with van der Waals surface area (Å²) in [6, 6.07) is 9.42. The number of nitrogens with zero attached hydrogens (tertiary/aromatic N) is 2. The molecule has 1 aliphatic heterocycles. The molecule has 1 aromatic carbocycles. The molecule has 0 unspecified atom stereocenters. The number of thioether (sulfide) groups is 1. The van der Waals surface area contributed by atoms with Crippen molar-refractivity contribution in [2.24, 2.45) is 10.7 Å². The fourth-order valence-electron chi connectivity index (χ4n) is 3.74. The van der Waals surface area contributed by atoms with E-state index >= 15 is 0 Å². The largest absolute Gasteiger partial charge is 0.396 e. The Morgan fingerprint density at radius 1 is 1.31 bits per heavy atom. The number of nitrogens with two attached hydrogens (primary N) is 1. The van der Waals surface area contributed by atoms with Gasteiger partial charge in [-0.1, -0.05) is 6.08 Å². The van der Waals surface area contributed by atoms with E-state index in [2.05, 4.69) is 53.2 Å². The summed E-state index contributed by atoms with van der Waals surface area (Å²) in [5, 5.41) is 12.7. The first kappa shape index (κ1) is 24.6. The van der Waals surface area contributed by atoms with Gasteiger partial charge in [0, 0.05) is 37.0 Å². The number of anilines is 1. The van der Waals surface area contributed by atoms with Crippen LogP contribution in [0.1, 0.15) is 44.6 Å². The third kappa shape index (κ3) is 6.98. The molecule has 2 aliphatic carbocycles. The molecule has 0 atom stereocenters. The number of hydrogen-bond donors (Lipinski definition) is 3. The molecule has 0 aromatic heterocycles. The Balaban J connectivity index is 0.000000913. The van der Waals surface area contributed by atoms with Crippen LogP contribution in [-0.4, -0.2) is 71.7 Å². The van der Waals surface area contributed by atoms with Crippen LogP contribution >= 0.6 is 11.8 Å². The van der Waals surface area contributed by atoms with Gasteiger partial charge in [0.05, 0.1) is 23.7 Å². The third-order valence-corrected chi connectivity index (χ3v) is 7.42. The molecule has 3 aliphatic rings. The number of aliphatic imine (C=N–C) groups is 1. The zero-order chi connectivity index (χ0) is 22.8. The van der Waals surface area contributed by atoms with Crippen LogP contribution in [0, 0.1) is 0 Å². The van der Waals surface area contributed by atoms with Gasteiger partial charge >= 0.3 is 0 Å². The molecule has 1 amide bonds. The van der Waals surface area contributed by atoms with Crippen molar-refractivity contribution in [2.75, 3.05) is 44.0 Å². The topological polar surface area (TPSA) is 100 Å². The van der Waals surface area contributed by atoms with Crippen LogP contribution in [-0.2, 0) is 9.53 Å². The zero-order valence-corrected chi connectivity index (χ0v) is 19.8. The average Bonchev–Trinajstić information content (AvgIpc) is 3.74. The van der Waals surface area contributed by atoms with E-state index < -0.39 is 0 Å². The number of primary amides is 1. The molecule has 2 saturated carbocycles. The highest BCUT2D eigenvalue weighted by atomic mass is 32.2. The van der Waals surface area contributed by atoms with Gasteiger partial charge in [-0.05, 0) is 69.0 Å². The molecular formula is C24H36N4O3S. The molecule has 7 nitrogen and oxygen atoms in total. The normalized spacial score (nSPS) is 20.2. The van der Waals surface area contributed by atoms with E-state index in [-0.39, 0.29) is 17.8 Å². The second-order valence-corrected chi connectivity index (χ2v) is 9.74. The SMILES string of the molecule is C/C=C(\N=C(c1ccc(NC2CC2)cc1)N1CCOCC1)C1(SCCCO)CC1.NC=O. The first-order valence-electron chi connectivity index (χ1n) is 11.5. The number of carbonyl (C=O) groups is 1. The third-order valence-electron chi connectivity index (χ3n) is 5.75. The fourth-order valence-corrected chi connectivity index (χ4v) is 5.10. The van der Waals surface area contributed by atoms with E-state index in [9.17, 15) is 0 Å². The van der Waals surface area contributed by atoms with Crippen LogP contribution in [0.5, 0.6) is 0 Å². The number of ether oxygens (including phenoxy) is 1. The van der Waals surface area contributed by atoms with Crippen molar-refractivity contribution in [1.82, 2.24) is 4.90 Å². The van der Waals surface area contributed by atoms with Gasteiger partial charge in [0.25, 0.3) is 0 Å². The maximum absolute atomic E-state index is 9.15. The lowest BCUT2D eigenvalue weighted by molar-refractivity contribution is -0.106. The Labute approximate surface area is 195 Å². The first-order valence-corrected chi connectivity index (χ1v) is 12.5. The van der Waals surface area contributed by atoms with E-state index in [4.69, 9.17) is 19.6 Å². The van der Waals surface area contributed by atoms with Crippen LogP contribution < -0.4 is 11.1 Å². The summed E-state index contributed by atoms with van der Waals surface area (Å²) in [4.78, 5) is 16.2. The number of benzene rings is 1. The van der Waals surface area contributed by atoms with Gasteiger partial charge in [-0.3, -0.25) is 4.79 Å².